The molecule has 20 heterocycles. The van der Waals surface area contributed by atoms with Gasteiger partial charge in [-0.15, -0.1) is 0 Å². The van der Waals surface area contributed by atoms with Crippen LogP contribution in [0.2, 0.25) is 0 Å². The van der Waals surface area contributed by atoms with E-state index < -0.39 is 0 Å². The first-order valence-electron chi connectivity index (χ1n) is 49.8. The van der Waals surface area contributed by atoms with Gasteiger partial charge in [0, 0.05) is 275 Å². The molecule has 8 aromatic heterocycles. The summed E-state index contributed by atoms with van der Waals surface area (Å²) in [6, 6.07) is 28.1. The molecule has 0 spiro atoms. The maximum Gasteiger partial charge on any atom is 0.219 e. The van der Waals surface area contributed by atoms with Crippen molar-refractivity contribution in [2.45, 2.75) is 196 Å². The van der Waals surface area contributed by atoms with Gasteiger partial charge >= 0.3 is 0 Å². The molecule has 32 heteroatoms. The topological polar surface area (TPSA) is 274 Å². The molecule has 0 radical (unpaired) electrons. The smallest absolute Gasteiger partial charge is 0.219 e. The summed E-state index contributed by atoms with van der Waals surface area (Å²) in [6.45, 7) is 30.9. The number of hydrogen-bond acceptors (Lipinski definition) is 20. The Labute approximate surface area is 801 Å². The van der Waals surface area contributed by atoms with Crippen molar-refractivity contribution in [3.63, 3.8) is 0 Å². The maximum atomic E-state index is 12.3. The second-order valence-corrected chi connectivity index (χ2v) is 40.2. The van der Waals surface area contributed by atoms with Crippen molar-refractivity contribution in [3.05, 3.63) is 189 Å². The highest BCUT2D eigenvalue weighted by Gasteiger charge is 2.42. The third-order valence-corrected chi connectivity index (χ3v) is 30.5. The molecular weight excluding hydrogens is 1730 g/mol. The molecule has 4 fully saturated rings. The van der Waals surface area contributed by atoms with Crippen molar-refractivity contribution in [1.29, 1.82) is 0 Å². The normalized spacial score (nSPS) is 21.5. The number of ether oxygens (including phenoxy) is 4. The first-order valence-corrected chi connectivity index (χ1v) is 49.8. The number of aryl methyl sites for hydroxylation is 6. The molecule has 4 amide bonds. The van der Waals surface area contributed by atoms with Crippen LogP contribution in [-0.2, 0) is 144 Å². The zero-order chi connectivity index (χ0) is 94.3. The zero-order valence-electron chi connectivity index (χ0n) is 81.6. The van der Waals surface area contributed by atoms with E-state index in [2.05, 4.69) is 184 Å². The van der Waals surface area contributed by atoms with E-state index in [1.54, 1.807) is 27.7 Å². The lowest BCUT2D eigenvalue weighted by Gasteiger charge is -2.36. The SMILES string of the molecule is CC(=O)N1CCc2c(c(N3CCCc4cc(-c5cn(C)nc5C)ccc43)nn2[C@H]2CCOC2)C1.CC(=O)N1CCc2c(c(N3C[C@@H](C)Cc4cc(-c5cnn(C)c5)ccc43)nn2[C@H]2CCOC2)C1.CC(=O)N1CCc2c(c(N3C[C@H](C)Cc4cc(-c5cnn(C)c5)ccc43)nn2[C@H]2CCOC2)C1.CC[C@@H]1Cc2cc(-c3cnn(C)c3)ccc2N(c2nn([C@H]3CCOC3)c3c2CN(C(C)=O)CC3)C1. The Kier molecular flexibility index (Phi) is 25.3. The summed E-state index contributed by atoms with van der Waals surface area (Å²) < 4.78 is 39.1. The minimum absolute atomic E-state index is 0.127. The molecular formula is C105H130N24O8. The standard InChI is InChI=1S/C27H34N6O2.3C26H32N6O2/c1-4-19-11-21-12-20(22-13-28-30(3)15-22)5-6-25(21)32(14-19)27-24-16-31(18(2)34)9-7-26(24)33(29-27)23-8-10-35-17-23;2*1-17-10-20-11-19(21-12-27-29(3)14-21)4-5-24(20)31(13-17)26-23-15-30(18(2)33)8-6-25(23)32(28-26)22-7-9-34-16-22;1-17-22(14-29(3)27-17)19-6-7-24-20(13-19)5-4-10-31(24)26-23-15-30(18(2)33)11-8-25(23)32(28-26)21-9-12-34-16-21/h5-6,12-13,15,19,23H,4,7-11,14,16-17H2,1-3H3;2*4-5,11-12,14,17,22H,6-10,13,15-16H2,1-3H3;6-7,13-14,21H,4-5,8-12,15-16H2,1-3H3/t19-,23+;17-,22+;17-,22-;21-/m1100/s1. The minimum atomic E-state index is 0.127. The van der Waals surface area contributed by atoms with E-state index in [0.717, 1.165) is 214 Å². The predicted octanol–water partition coefficient (Wildman–Crippen LogP) is 14.4. The Bertz CT molecular complexity index is 6340. The van der Waals surface area contributed by atoms with Gasteiger partial charge in [0.1, 0.15) is 0 Å². The average Bonchev–Trinajstić information content (AvgIpc) is 1.62. The summed E-state index contributed by atoms with van der Waals surface area (Å²) in [5, 5.41) is 38.5. The molecule has 0 saturated carbocycles. The number of rotatable bonds is 13. The Morgan fingerprint density at radius 2 is 0.693 bits per heavy atom. The first-order chi connectivity index (χ1) is 66.5. The summed E-state index contributed by atoms with van der Waals surface area (Å²) >= 11 is 0. The number of fused-ring (bicyclic) bond motifs is 8. The lowest BCUT2D eigenvalue weighted by atomic mass is 9.88. The largest absolute Gasteiger partial charge is 0.379 e. The third kappa shape index (κ3) is 18.0. The molecule has 24 rings (SSSR count). The maximum absolute atomic E-state index is 12.3. The number of aromatic nitrogens is 16. The Morgan fingerprint density at radius 3 is 1.01 bits per heavy atom. The number of benzene rings is 4. The van der Waals surface area contributed by atoms with E-state index in [0.29, 0.717) is 70.4 Å². The molecule has 12 aliphatic heterocycles. The monoisotopic (exact) mass is 1860 g/mol. The molecule has 4 saturated heterocycles. The van der Waals surface area contributed by atoms with Gasteiger partial charge < -0.3 is 58.1 Å². The highest BCUT2D eigenvalue weighted by molar-refractivity contribution is 5.82. The van der Waals surface area contributed by atoms with Crippen molar-refractivity contribution >= 4 is 69.6 Å². The van der Waals surface area contributed by atoms with E-state index in [4.69, 9.17) is 39.3 Å². The van der Waals surface area contributed by atoms with Gasteiger partial charge in [0.25, 0.3) is 0 Å². The van der Waals surface area contributed by atoms with Crippen molar-refractivity contribution in [3.8, 4) is 44.5 Å². The lowest BCUT2D eigenvalue weighted by Crippen LogP contribution is -2.36. The third-order valence-electron chi connectivity index (χ3n) is 30.5. The van der Waals surface area contributed by atoms with Crippen LogP contribution in [0.5, 0.6) is 0 Å². The van der Waals surface area contributed by atoms with Crippen LogP contribution in [0.15, 0.2) is 116 Å². The van der Waals surface area contributed by atoms with E-state index in [1.165, 1.54) is 118 Å². The second-order valence-electron chi connectivity index (χ2n) is 40.2. The van der Waals surface area contributed by atoms with Crippen molar-refractivity contribution < 1.29 is 38.1 Å². The number of hydrogen-bond donors (Lipinski definition) is 0. The van der Waals surface area contributed by atoms with Gasteiger partial charge in [0.15, 0.2) is 23.3 Å². The van der Waals surface area contributed by atoms with Crippen LogP contribution in [0, 0.1) is 24.7 Å². The van der Waals surface area contributed by atoms with Crippen molar-refractivity contribution in [2.24, 2.45) is 45.9 Å². The van der Waals surface area contributed by atoms with Crippen molar-refractivity contribution in [1.82, 2.24) is 97.8 Å². The number of carbonyl (C=O) groups is 4. The van der Waals surface area contributed by atoms with Gasteiger partial charge in [-0.3, -0.25) is 56.6 Å². The predicted molar refractivity (Wildman–Crippen MR) is 525 cm³/mol. The quantitative estimate of drug-likeness (QED) is 0.104. The van der Waals surface area contributed by atoms with Gasteiger partial charge in [-0.2, -0.15) is 40.8 Å². The molecule has 718 valence electrons. The minimum Gasteiger partial charge on any atom is -0.379 e. The molecule has 7 atom stereocenters. The zero-order valence-corrected chi connectivity index (χ0v) is 81.6. The van der Waals surface area contributed by atoms with Crippen LogP contribution in [-0.4, -0.2) is 227 Å². The van der Waals surface area contributed by atoms with Crippen LogP contribution >= 0.6 is 0 Å². The molecule has 12 aliphatic rings. The summed E-state index contributed by atoms with van der Waals surface area (Å²) in [7, 11) is 7.82. The van der Waals surface area contributed by atoms with Crippen LogP contribution in [0.1, 0.15) is 184 Å². The fourth-order valence-electron chi connectivity index (χ4n) is 23.2. The van der Waals surface area contributed by atoms with E-state index >= 15 is 0 Å². The lowest BCUT2D eigenvalue weighted by molar-refractivity contribution is -0.130. The van der Waals surface area contributed by atoms with Gasteiger partial charge in [0.2, 0.25) is 23.6 Å². The highest BCUT2D eigenvalue weighted by atomic mass is 16.5. The molecule has 0 aliphatic carbocycles. The van der Waals surface area contributed by atoms with Crippen LogP contribution < -0.4 is 19.6 Å². The molecule has 4 aromatic carbocycles. The first kappa shape index (κ1) is 90.9. The van der Waals surface area contributed by atoms with Crippen LogP contribution in [0.4, 0.5) is 46.0 Å². The molecule has 0 unspecified atom stereocenters. The summed E-state index contributed by atoms with van der Waals surface area (Å²) in [4.78, 5) is 66.4. The summed E-state index contributed by atoms with van der Waals surface area (Å²) in [6.07, 6.45) is 27.8. The van der Waals surface area contributed by atoms with E-state index in [-0.39, 0.29) is 47.8 Å². The van der Waals surface area contributed by atoms with Gasteiger partial charge in [0.05, 0.1) is 101 Å². The van der Waals surface area contributed by atoms with Crippen LogP contribution in [0.3, 0.4) is 0 Å². The Balaban J connectivity index is 0.000000109. The van der Waals surface area contributed by atoms with E-state index in [1.807, 2.05) is 85.1 Å². The summed E-state index contributed by atoms with van der Waals surface area (Å²) in [5.41, 5.74) is 30.6. The number of carbonyl (C=O) groups excluding carboxylic acids is 4. The fraction of sp³-hybridized carbons (Fsp3) is 0.505. The number of nitrogens with zero attached hydrogens (tertiary/aromatic N) is 24. The van der Waals surface area contributed by atoms with Crippen LogP contribution in [0.25, 0.3) is 44.5 Å². The molecule has 0 bridgehead atoms. The number of amides is 4. The Hall–Kier alpha value is -12.5. The second kappa shape index (κ2) is 38.1. The molecule has 137 heavy (non-hydrogen) atoms. The number of anilines is 8. The van der Waals surface area contributed by atoms with Gasteiger partial charge in [-0.1, -0.05) is 51.5 Å². The van der Waals surface area contributed by atoms with Crippen molar-refractivity contribution in [2.75, 3.05) is 125 Å². The Morgan fingerprint density at radius 1 is 0.365 bits per heavy atom. The summed E-state index contributed by atoms with van der Waals surface area (Å²) in [5.74, 6) is 6.11. The molecule has 0 N–H and O–H groups in total. The molecule has 12 aromatic rings. The molecule has 32 nitrogen and oxygen atoms in total. The van der Waals surface area contributed by atoms with Gasteiger partial charge in [-0.25, -0.2) is 0 Å². The van der Waals surface area contributed by atoms with E-state index in [9.17, 15) is 19.2 Å². The average molecular weight is 1860 g/mol. The highest BCUT2D eigenvalue weighted by Crippen LogP contribution is 2.49. The fourth-order valence-corrected chi connectivity index (χ4v) is 23.2. The van der Waals surface area contributed by atoms with Gasteiger partial charge in [-0.05, 0) is 176 Å².